The molecule has 0 saturated heterocycles. The predicted octanol–water partition coefficient (Wildman–Crippen LogP) is 3.65. The fourth-order valence-corrected chi connectivity index (χ4v) is 2.89. The van der Waals surface area contributed by atoms with Gasteiger partial charge in [0, 0.05) is 11.6 Å². The molecule has 2 N–H and O–H groups in total. The number of nitrogens with zero attached hydrogens (tertiary/aromatic N) is 1. The first-order valence-corrected chi connectivity index (χ1v) is 7.99. The highest BCUT2D eigenvalue weighted by Gasteiger charge is 2.09. The molecule has 24 heavy (non-hydrogen) atoms. The Kier molecular flexibility index (Phi) is 4.51. The monoisotopic (exact) mass is 360 g/mol. The Morgan fingerprint density at radius 3 is 2.58 bits per heavy atom. The van der Waals surface area contributed by atoms with Crippen molar-refractivity contribution in [1.82, 2.24) is 9.55 Å². The van der Waals surface area contributed by atoms with Crippen LogP contribution >= 0.6 is 23.8 Å². The van der Waals surface area contributed by atoms with Gasteiger partial charge in [-0.1, -0.05) is 23.7 Å². The SMILES string of the molecule is O=C(O)c1ccc2c(=O)n(CCc3ccc(Cl)cc3)c(=S)[nH]c2c1. The number of fused-ring (bicyclic) bond motifs is 1. The number of aromatic amines is 1. The molecule has 0 aliphatic rings. The molecule has 0 unspecified atom stereocenters. The topological polar surface area (TPSA) is 75.1 Å². The van der Waals surface area contributed by atoms with E-state index in [2.05, 4.69) is 4.98 Å². The maximum Gasteiger partial charge on any atom is 0.335 e. The zero-order valence-electron chi connectivity index (χ0n) is 12.5. The van der Waals surface area contributed by atoms with E-state index in [1.807, 2.05) is 12.1 Å². The minimum atomic E-state index is -1.05. The summed E-state index contributed by atoms with van der Waals surface area (Å²) in [6.07, 6.45) is 0.632. The van der Waals surface area contributed by atoms with Crippen molar-refractivity contribution in [2.75, 3.05) is 0 Å². The van der Waals surface area contributed by atoms with E-state index >= 15 is 0 Å². The quantitative estimate of drug-likeness (QED) is 0.696. The lowest BCUT2D eigenvalue weighted by Crippen LogP contribution is -2.23. The Morgan fingerprint density at radius 2 is 1.92 bits per heavy atom. The molecular weight excluding hydrogens is 348 g/mol. The third kappa shape index (κ3) is 3.25. The minimum absolute atomic E-state index is 0.103. The lowest BCUT2D eigenvalue weighted by Gasteiger charge is -2.09. The average Bonchev–Trinajstić information content (AvgIpc) is 2.55. The first-order chi connectivity index (χ1) is 11.5. The second-order valence-electron chi connectivity index (χ2n) is 5.33. The van der Waals surface area contributed by atoms with E-state index in [-0.39, 0.29) is 15.9 Å². The van der Waals surface area contributed by atoms with E-state index in [9.17, 15) is 9.59 Å². The highest BCUT2D eigenvalue weighted by molar-refractivity contribution is 7.71. The Labute approximate surface area is 147 Å². The largest absolute Gasteiger partial charge is 0.478 e. The maximum atomic E-state index is 12.6. The summed E-state index contributed by atoms with van der Waals surface area (Å²) in [5.74, 6) is -1.05. The van der Waals surface area contributed by atoms with Crippen molar-refractivity contribution >= 4 is 40.7 Å². The summed E-state index contributed by atoms with van der Waals surface area (Å²) in [6, 6.07) is 11.7. The van der Waals surface area contributed by atoms with Crippen LogP contribution in [0.25, 0.3) is 10.9 Å². The van der Waals surface area contributed by atoms with Gasteiger partial charge in [-0.15, -0.1) is 0 Å². The van der Waals surface area contributed by atoms with E-state index < -0.39 is 5.97 Å². The normalized spacial score (nSPS) is 10.9. The number of rotatable bonds is 4. The third-order valence-electron chi connectivity index (χ3n) is 3.77. The number of hydrogen-bond donors (Lipinski definition) is 2. The molecule has 0 fully saturated rings. The number of H-pyrrole nitrogens is 1. The van der Waals surface area contributed by atoms with E-state index in [4.69, 9.17) is 28.9 Å². The Morgan fingerprint density at radius 1 is 1.21 bits per heavy atom. The molecule has 0 radical (unpaired) electrons. The van der Waals surface area contributed by atoms with Crippen LogP contribution < -0.4 is 5.56 Å². The summed E-state index contributed by atoms with van der Waals surface area (Å²) in [5, 5.41) is 10.1. The molecule has 0 saturated carbocycles. The summed E-state index contributed by atoms with van der Waals surface area (Å²) in [5.41, 5.74) is 1.33. The van der Waals surface area contributed by atoms with Crippen LogP contribution in [0.1, 0.15) is 15.9 Å². The van der Waals surface area contributed by atoms with Crippen molar-refractivity contribution in [3.63, 3.8) is 0 Å². The molecule has 0 aliphatic heterocycles. The third-order valence-corrected chi connectivity index (χ3v) is 4.34. The number of nitrogens with one attached hydrogen (secondary N) is 1. The van der Waals surface area contributed by atoms with Crippen LogP contribution in [-0.2, 0) is 13.0 Å². The Bertz CT molecular complexity index is 1040. The summed E-state index contributed by atoms with van der Waals surface area (Å²) in [6.45, 7) is 0.423. The van der Waals surface area contributed by atoms with E-state index in [0.717, 1.165) is 5.56 Å². The lowest BCUT2D eigenvalue weighted by atomic mass is 10.1. The molecule has 0 aliphatic carbocycles. The summed E-state index contributed by atoms with van der Waals surface area (Å²) < 4.78 is 1.75. The Hall–Kier alpha value is -2.44. The van der Waals surface area contributed by atoms with Gasteiger partial charge in [0.05, 0.1) is 16.5 Å². The van der Waals surface area contributed by atoms with E-state index in [1.54, 1.807) is 12.1 Å². The minimum Gasteiger partial charge on any atom is -0.478 e. The molecular formula is C17H13ClN2O3S. The van der Waals surface area contributed by atoms with Crippen LogP contribution in [0.3, 0.4) is 0 Å². The maximum absolute atomic E-state index is 12.6. The van der Waals surface area contributed by atoms with E-state index in [1.165, 1.54) is 22.8 Å². The summed E-state index contributed by atoms with van der Waals surface area (Å²) >= 11 is 11.1. The standard InChI is InChI=1S/C17H13ClN2O3S/c18-12-4-1-10(2-5-12)7-8-20-15(21)13-6-3-11(16(22)23)9-14(13)19-17(20)24/h1-6,9H,7-8H2,(H,19,24)(H,22,23). The van der Waals surface area contributed by atoms with Gasteiger partial charge in [-0.25, -0.2) is 4.79 Å². The summed E-state index contributed by atoms with van der Waals surface area (Å²) in [7, 11) is 0. The van der Waals surface area contributed by atoms with Crippen molar-refractivity contribution < 1.29 is 9.90 Å². The van der Waals surface area contributed by atoms with Crippen LogP contribution in [0.2, 0.25) is 5.02 Å². The number of benzene rings is 2. The zero-order chi connectivity index (χ0) is 17.3. The average molecular weight is 361 g/mol. The van der Waals surface area contributed by atoms with Crippen molar-refractivity contribution in [2.45, 2.75) is 13.0 Å². The molecule has 0 spiro atoms. The van der Waals surface area contributed by atoms with Gasteiger partial charge in [-0.3, -0.25) is 9.36 Å². The van der Waals surface area contributed by atoms with Gasteiger partial charge in [0.2, 0.25) is 0 Å². The number of carboxylic acids is 1. The number of carboxylic acid groups (broad SMARTS) is 1. The van der Waals surface area contributed by atoms with Crippen LogP contribution in [0.4, 0.5) is 0 Å². The van der Waals surface area contributed by atoms with Crippen LogP contribution in [0, 0.1) is 4.77 Å². The molecule has 122 valence electrons. The Balaban J connectivity index is 1.98. The lowest BCUT2D eigenvalue weighted by molar-refractivity contribution is 0.0697. The molecule has 1 aromatic heterocycles. The fraction of sp³-hybridized carbons (Fsp3) is 0.118. The van der Waals surface area contributed by atoms with Crippen LogP contribution in [-0.4, -0.2) is 20.6 Å². The van der Waals surface area contributed by atoms with Crippen LogP contribution in [0.15, 0.2) is 47.3 Å². The van der Waals surface area contributed by atoms with Gasteiger partial charge >= 0.3 is 5.97 Å². The molecule has 0 atom stereocenters. The fourth-order valence-electron chi connectivity index (χ4n) is 2.48. The smallest absolute Gasteiger partial charge is 0.335 e. The molecule has 3 aromatic rings. The number of hydrogen-bond acceptors (Lipinski definition) is 3. The second kappa shape index (κ2) is 6.59. The van der Waals surface area contributed by atoms with Crippen molar-refractivity contribution in [2.24, 2.45) is 0 Å². The van der Waals surface area contributed by atoms with Crippen molar-refractivity contribution in [3.05, 3.63) is 73.7 Å². The van der Waals surface area contributed by atoms with Gasteiger partial charge in [-0.05, 0) is 54.5 Å². The molecule has 0 amide bonds. The predicted molar refractivity (Wildman–Crippen MR) is 95.5 cm³/mol. The number of halogens is 1. The number of carbonyl (C=O) groups is 1. The molecule has 1 heterocycles. The van der Waals surface area contributed by atoms with Gasteiger partial charge in [0.25, 0.3) is 5.56 Å². The molecule has 0 bridgehead atoms. The zero-order valence-corrected chi connectivity index (χ0v) is 14.0. The molecule has 2 aromatic carbocycles. The molecule has 5 nitrogen and oxygen atoms in total. The molecule has 3 rings (SSSR count). The van der Waals surface area contributed by atoms with Gasteiger partial charge in [-0.2, -0.15) is 0 Å². The van der Waals surface area contributed by atoms with Crippen molar-refractivity contribution in [3.8, 4) is 0 Å². The number of aromatic nitrogens is 2. The first-order valence-electron chi connectivity index (χ1n) is 7.20. The second-order valence-corrected chi connectivity index (χ2v) is 6.15. The number of aryl methyl sites for hydroxylation is 1. The van der Waals surface area contributed by atoms with Crippen molar-refractivity contribution in [1.29, 1.82) is 0 Å². The molecule has 7 heteroatoms. The van der Waals surface area contributed by atoms with Crippen LogP contribution in [0.5, 0.6) is 0 Å². The summed E-state index contributed by atoms with van der Waals surface area (Å²) in [4.78, 5) is 26.6. The van der Waals surface area contributed by atoms with Gasteiger partial charge < -0.3 is 10.1 Å². The van der Waals surface area contributed by atoms with Gasteiger partial charge in [0.1, 0.15) is 0 Å². The van der Waals surface area contributed by atoms with Gasteiger partial charge in [0.15, 0.2) is 4.77 Å². The highest BCUT2D eigenvalue weighted by Crippen LogP contribution is 2.13. The first kappa shape index (κ1) is 16.4. The number of aromatic carboxylic acids is 1. The van der Waals surface area contributed by atoms with E-state index in [0.29, 0.717) is 28.9 Å². The highest BCUT2D eigenvalue weighted by atomic mass is 35.5.